The van der Waals surface area contributed by atoms with Gasteiger partial charge in [0.2, 0.25) is 0 Å². The Kier molecular flexibility index (Phi) is 4.01. The Balaban J connectivity index is 3.19. The van der Waals surface area contributed by atoms with E-state index in [1.807, 2.05) is 0 Å². The third-order valence-corrected chi connectivity index (χ3v) is 2.49. The Morgan fingerprint density at radius 2 is 1.89 bits per heavy atom. The number of hydrogen-bond donors (Lipinski definition) is 1. The minimum Gasteiger partial charge on any atom is -0.493 e. The minimum atomic E-state index is -4.82. The molecule has 1 aromatic rings. The third kappa shape index (κ3) is 2.64. The topological polar surface area (TPSA) is 52.3 Å². The van der Waals surface area contributed by atoms with Gasteiger partial charge in [-0.3, -0.25) is 4.79 Å². The molecular weight excluding hydrogens is 247 g/mol. The second kappa shape index (κ2) is 4.97. The highest BCUT2D eigenvalue weighted by Crippen LogP contribution is 2.33. The van der Waals surface area contributed by atoms with Crippen LogP contribution in [-0.2, 0) is 0 Å². The maximum absolute atomic E-state index is 12.7. The molecule has 0 amide bonds. The fraction of sp³-hybridized carbons (Fsp3) is 0.417. The van der Waals surface area contributed by atoms with Gasteiger partial charge in [-0.05, 0) is 26.0 Å². The Morgan fingerprint density at radius 1 is 1.33 bits per heavy atom. The largest absolute Gasteiger partial charge is 0.493 e. The number of Topliss-reactive ketones (excluding diaryl/α,β-unsaturated/α-hetero) is 1. The Morgan fingerprint density at radius 3 is 2.39 bits per heavy atom. The van der Waals surface area contributed by atoms with Crippen LogP contribution in [0.1, 0.15) is 24.2 Å². The molecule has 0 radical (unpaired) electrons. The number of ketones is 1. The number of benzene rings is 1. The molecule has 0 aliphatic carbocycles. The van der Waals surface area contributed by atoms with Gasteiger partial charge in [0, 0.05) is 0 Å². The minimum absolute atomic E-state index is 0.103. The van der Waals surface area contributed by atoms with E-state index < -0.39 is 17.5 Å². The second-order valence-corrected chi connectivity index (χ2v) is 3.96. The first-order chi connectivity index (χ1) is 8.21. The van der Waals surface area contributed by atoms with Crippen molar-refractivity contribution < 1.29 is 22.7 Å². The molecule has 0 fully saturated rings. The zero-order valence-electron chi connectivity index (χ0n) is 10.0. The predicted octanol–water partition coefficient (Wildman–Crippen LogP) is 2.55. The first-order valence-electron chi connectivity index (χ1n) is 5.34. The average Bonchev–Trinajstić information content (AvgIpc) is 2.28. The van der Waals surface area contributed by atoms with Crippen LogP contribution in [0.3, 0.4) is 0 Å². The van der Waals surface area contributed by atoms with Crippen LogP contribution in [0, 0.1) is 0 Å². The summed E-state index contributed by atoms with van der Waals surface area (Å²) in [6.07, 6.45) is -4.82. The number of carbonyl (C=O) groups excluding carboxylic acids is 1. The average molecular weight is 261 g/mol. The van der Waals surface area contributed by atoms with Crippen molar-refractivity contribution in [2.45, 2.75) is 25.6 Å². The van der Waals surface area contributed by atoms with Gasteiger partial charge in [-0.1, -0.05) is 12.1 Å². The van der Waals surface area contributed by atoms with Gasteiger partial charge >= 0.3 is 6.18 Å². The molecular formula is C12H14F3NO2. The van der Waals surface area contributed by atoms with Gasteiger partial charge in [0.15, 0.2) is 11.3 Å². The molecule has 3 nitrogen and oxygen atoms in total. The highest BCUT2D eigenvalue weighted by molar-refractivity contribution is 6.05. The van der Waals surface area contributed by atoms with Crippen LogP contribution in [0.15, 0.2) is 24.3 Å². The van der Waals surface area contributed by atoms with Crippen molar-refractivity contribution in [3.63, 3.8) is 0 Å². The molecule has 18 heavy (non-hydrogen) atoms. The van der Waals surface area contributed by atoms with Crippen LogP contribution in [-0.4, -0.2) is 24.1 Å². The molecule has 6 heteroatoms. The lowest BCUT2D eigenvalue weighted by atomic mass is 9.91. The molecule has 0 spiro atoms. The van der Waals surface area contributed by atoms with Gasteiger partial charge in [-0.15, -0.1) is 0 Å². The highest BCUT2D eigenvalue weighted by Gasteiger charge is 2.54. The molecule has 0 aromatic heterocycles. The summed E-state index contributed by atoms with van der Waals surface area (Å²) >= 11 is 0. The summed E-state index contributed by atoms with van der Waals surface area (Å²) in [6.45, 7) is 2.57. The number of ether oxygens (including phenoxy) is 1. The molecule has 0 aliphatic heterocycles. The van der Waals surface area contributed by atoms with Gasteiger partial charge in [0.25, 0.3) is 0 Å². The van der Waals surface area contributed by atoms with E-state index in [1.54, 1.807) is 13.0 Å². The van der Waals surface area contributed by atoms with Gasteiger partial charge in [0.1, 0.15) is 5.75 Å². The number of halogens is 3. The summed E-state index contributed by atoms with van der Waals surface area (Å²) in [6, 6.07) is 5.73. The number of carbonyl (C=O) groups is 1. The normalized spacial score (nSPS) is 15.0. The van der Waals surface area contributed by atoms with Crippen LogP contribution in [0.25, 0.3) is 0 Å². The van der Waals surface area contributed by atoms with E-state index in [-0.39, 0.29) is 17.9 Å². The van der Waals surface area contributed by atoms with E-state index in [4.69, 9.17) is 10.5 Å². The zero-order valence-corrected chi connectivity index (χ0v) is 10.0. The van der Waals surface area contributed by atoms with E-state index in [9.17, 15) is 18.0 Å². The van der Waals surface area contributed by atoms with Crippen molar-refractivity contribution in [2.75, 3.05) is 6.61 Å². The summed E-state index contributed by atoms with van der Waals surface area (Å²) in [5.74, 6) is -1.11. The first kappa shape index (κ1) is 14.5. The zero-order chi connectivity index (χ0) is 14.0. The number of rotatable bonds is 4. The third-order valence-electron chi connectivity index (χ3n) is 2.49. The van der Waals surface area contributed by atoms with Gasteiger partial charge in [-0.25, -0.2) is 0 Å². The first-order valence-corrected chi connectivity index (χ1v) is 5.34. The molecule has 1 rings (SSSR count). The second-order valence-electron chi connectivity index (χ2n) is 3.96. The number of hydrogen-bond acceptors (Lipinski definition) is 3. The molecule has 0 heterocycles. The van der Waals surface area contributed by atoms with E-state index in [0.717, 1.165) is 0 Å². The maximum atomic E-state index is 12.7. The number of alkyl halides is 3. The molecule has 1 unspecified atom stereocenters. The van der Waals surface area contributed by atoms with Gasteiger partial charge < -0.3 is 10.5 Å². The molecule has 0 aliphatic rings. The summed E-state index contributed by atoms with van der Waals surface area (Å²) in [5, 5.41) is 0. The standard InChI is InChI=1S/C12H14F3NO2/c1-3-18-9-7-5-4-6-8(9)10(17)11(2,16)12(13,14)15/h4-7H,3,16H2,1-2H3. The van der Waals surface area contributed by atoms with Crippen LogP contribution in [0.5, 0.6) is 5.75 Å². The van der Waals surface area contributed by atoms with Gasteiger partial charge in [0.05, 0.1) is 12.2 Å². The van der Waals surface area contributed by atoms with Crippen LogP contribution >= 0.6 is 0 Å². The van der Waals surface area contributed by atoms with E-state index in [2.05, 4.69) is 0 Å². The Labute approximate surface area is 103 Å². The lowest BCUT2D eigenvalue weighted by Gasteiger charge is -2.26. The predicted molar refractivity (Wildman–Crippen MR) is 60.6 cm³/mol. The molecule has 0 saturated heterocycles. The summed E-state index contributed by atoms with van der Waals surface area (Å²) in [5.41, 5.74) is 2.01. The molecule has 1 aromatic carbocycles. The summed E-state index contributed by atoms with van der Waals surface area (Å²) in [4.78, 5) is 11.9. The van der Waals surface area contributed by atoms with Crippen molar-refractivity contribution in [2.24, 2.45) is 5.73 Å². The van der Waals surface area contributed by atoms with Crippen molar-refractivity contribution in [1.82, 2.24) is 0 Å². The SMILES string of the molecule is CCOc1ccccc1C(=O)C(C)(N)C(F)(F)F. The fourth-order valence-corrected chi connectivity index (χ4v) is 1.34. The van der Waals surface area contributed by atoms with Crippen molar-refractivity contribution in [1.29, 1.82) is 0 Å². The number of para-hydroxylation sites is 1. The van der Waals surface area contributed by atoms with E-state index in [1.165, 1.54) is 18.2 Å². The molecule has 2 N–H and O–H groups in total. The fourth-order valence-electron chi connectivity index (χ4n) is 1.34. The number of nitrogens with two attached hydrogens (primary N) is 1. The lowest BCUT2D eigenvalue weighted by molar-refractivity contribution is -0.165. The highest BCUT2D eigenvalue weighted by atomic mass is 19.4. The molecule has 0 saturated carbocycles. The van der Waals surface area contributed by atoms with Gasteiger partial charge in [-0.2, -0.15) is 13.2 Å². The monoisotopic (exact) mass is 261 g/mol. The summed E-state index contributed by atoms with van der Waals surface area (Å²) in [7, 11) is 0. The quantitative estimate of drug-likeness (QED) is 0.847. The lowest BCUT2D eigenvalue weighted by Crippen LogP contribution is -2.57. The van der Waals surface area contributed by atoms with Crippen molar-refractivity contribution in [3.8, 4) is 5.75 Å². The Bertz CT molecular complexity index is 441. The van der Waals surface area contributed by atoms with E-state index in [0.29, 0.717) is 6.92 Å². The smallest absolute Gasteiger partial charge is 0.413 e. The Hall–Kier alpha value is -1.56. The molecule has 0 bridgehead atoms. The summed E-state index contributed by atoms with van der Waals surface area (Å²) < 4.78 is 43.2. The van der Waals surface area contributed by atoms with Crippen LogP contribution < -0.4 is 10.5 Å². The van der Waals surface area contributed by atoms with Crippen molar-refractivity contribution >= 4 is 5.78 Å². The van der Waals surface area contributed by atoms with Crippen LogP contribution in [0.2, 0.25) is 0 Å². The maximum Gasteiger partial charge on any atom is 0.413 e. The van der Waals surface area contributed by atoms with Crippen LogP contribution in [0.4, 0.5) is 13.2 Å². The molecule has 100 valence electrons. The van der Waals surface area contributed by atoms with E-state index >= 15 is 0 Å². The molecule has 1 atom stereocenters. The van der Waals surface area contributed by atoms with Crippen molar-refractivity contribution in [3.05, 3.63) is 29.8 Å².